The number of fused-ring (bicyclic) bond motifs is 1. The van der Waals surface area contributed by atoms with Gasteiger partial charge in [-0.3, -0.25) is 4.79 Å². The van der Waals surface area contributed by atoms with E-state index in [2.05, 4.69) is 4.98 Å². The van der Waals surface area contributed by atoms with E-state index < -0.39 is 17.7 Å². The molecule has 1 aromatic carbocycles. The van der Waals surface area contributed by atoms with Crippen molar-refractivity contribution in [2.75, 3.05) is 13.1 Å². The van der Waals surface area contributed by atoms with Crippen LogP contribution in [-0.4, -0.2) is 45.7 Å². The van der Waals surface area contributed by atoms with Crippen LogP contribution in [0.3, 0.4) is 0 Å². The fourth-order valence-electron chi connectivity index (χ4n) is 3.04. The van der Waals surface area contributed by atoms with E-state index in [1.54, 1.807) is 4.90 Å². The monoisotopic (exact) mass is 333 g/mol. The van der Waals surface area contributed by atoms with Crippen LogP contribution in [0.15, 0.2) is 24.3 Å². The van der Waals surface area contributed by atoms with Crippen molar-refractivity contribution in [1.82, 2.24) is 14.5 Å². The molecule has 2 unspecified atom stereocenters. The lowest BCUT2D eigenvalue weighted by Crippen LogP contribution is -2.38. The van der Waals surface area contributed by atoms with Crippen LogP contribution in [0.5, 0.6) is 0 Å². The topological polar surface area (TPSA) is 47.4 Å². The van der Waals surface area contributed by atoms with E-state index in [0.717, 1.165) is 16.9 Å². The summed E-state index contributed by atoms with van der Waals surface area (Å²) in [7, 11) is 1.92. The normalized spacial score (nSPS) is 21.6. The number of imidazole rings is 1. The number of carbonyl (C=O) groups is 1. The zero-order chi connectivity index (χ0) is 17.5. The zero-order valence-electron chi connectivity index (χ0n) is 14.6. The molecule has 0 spiro atoms. The van der Waals surface area contributed by atoms with E-state index in [4.69, 9.17) is 4.74 Å². The second-order valence-corrected chi connectivity index (χ2v) is 7.40. The molecule has 1 aliphatic rings. The first kappa shape index (κ1) is 16.9. The summed E-state index contributed by atoms with van der Waals surface area (Å²) in [6, 6.07) is 7.82. The van der Waals surface area contributed by atoms with E-state index in [1.807, 2.05) is 56.7 Å². The summed E-state index contributed by atoms with van der Waals surface area (Å²) >= 11 is 0. The first-order valence-electron chi connectivity index (χ1n) is 8.23. The van der Waals surface area contributed by atoms with Crippen LogP contribution in [0.25, 0.3) is 11.0 Å². The number of alkyl halides is 1. The number of ether oxygens (including phenoxy) is 1. The maximum Gasteiger partial charge on any atom is 0.228 e. The Bertz CT molecular complexity index is 750. The number of halogens is 1. The summed E-state index contributed by atoms with van der Waals surface area (Å²) in [4.78, 5) is 18.4. The zero-order valence-corrected chi connectivity index (χ0v) is 14.6. The molecule has 2 atom stereocenters. The predicted octanol–water partition coefficient (Wildman–Crippen LogP) is 2.68. The third kappa shape index (κ3) is 3.15. The highest BCUT2D eigenvalue weighted by molar-refractivity contribution is 5.82. The minimum absolute atomic E-state index is 0.0426. The molecule has 1 aromatic heterocycles. The Balaban J connectivity index is 1.66. The Morgan fingerprint density at radius 3 is 2.71 bits per heavy atom. The fraction of sp³-hybridized carbons (Fsp3) is 0.556. The van der Waals surface area contributed by atoms with Gasteiger partial charge in [0, 0.05) is 19.0 Å². The second-order valence-electron chi connectivity index (χ2n) is 7.40. The summed E-state index contributed by atoms with van der Waals surface area (Å²) < 4.78 is 22.0. The second kappa shape index (κ2) is 6.16. The van der Waals surface area contributed by atoms with Crippen LogP contribution in [0.4, 0.5) is 4.39 Å². The molecule has 0 N–H and O–H groups in total. The van der Waals surface area contributed by atoms with Crippen molar-refractivity contribution in [2.45, 2.75) is 39.7 Å². The number of carbonyl (C=O) groups excluding carboxylic acids is 1. The molecule has 0 radical (unpaired) electrons. The lowest BCUT2D eigenvalue weighted by Gasteiger charge is -2.25. The maximum absolute atomic E-state index is 14.2. The number of amides is 1. The Kier molecular flexibility index (Phi) is 4.34. The number of aromatic nitrogens is 2. The van der Waals surface area contributed by atoms with E-state index >= 15 is 0 Å². The number of hydrogen-bond donors (Lipinski definition) is 0. The van der Waals surface area contributed by atoms with Crippen LogP contribution >= 0.6 is 0 Å². The van der Waals surface area contributed by atoms with Gasteiger partial charge >= 0.3 is 0 Å². The quantitative estimate of drug-likeness (QED) is 0.868. The summed E-state index contributed by atoms with van der Waals surface area (Å²) in [5.74, 6) is 0.711. The third-order valence-electron chi connectivity index (χ3n) is 4.43. The minimum Gasteiger partial charge on any atom is -0.365 e. The lowest BCUT2D eigenvalue weighted by atomic mass is 9.95. The lowest BCUT2D eigenvalue weighted by molar-refractivity contribution is -0.139. The van der Waals surface area contributed by atoms with Gasteiger partial charge in [-0.1, -0.05) is 32.9 Å². The van der Waals surface area contributed by atoms with Crippen LogP contribution in [0, 0.1) is 5.41 Å². The van der Waals surface area contributed by atoms with E-state index in [-0.39, 0.29) is 19.1 Å². The van der Waals surface area contributed by atoms with E-state index in [1.165, 1.54) is 0 Å². The van der Waals surface area contributed by atoms with Gasteiger partial charge in [-0.15, -0.1) is 0 Å². The highest BCUT2D eigenvalue weighted by Crippen LogP contribution is 2.25. The highest BCUT2D eigenvalue weighted by Gasteiger charge is 2.39. The number of nitrogens with zero attached hydrogens (tertiary/aromatic N) is 3. The van der Waals surface area contributed by atoms with Gasteiger partial charge in [0.15, 0.2) is 0 Å². The molecule has 0 saturated carbocycles. The summed E-state index contributed by atoms with van der Waals surface area (Å²) in [5.41, 5.74) is 1.40. The van der Waals surface area contributed by atoms with Gasteiger partial charge < -0.3 is 14.2 Å². The van der Waals surface area contributed by atoms with Gasteiger partial charge in [0.25, 0.3) is 0 Å². The molecular weight excluding hydrogens is 309 g/mol. The van der Waals surface area contributed by atoms with Crippen molar-refractivity contribution in [3.8, 4) is 0 Å². The van der Waals surface area contributed by atoms with Crippen molar-refractivity contribution in [3.63, 3.8) is 0 Å². The smallest absolute Gasteiger partial charge is 0.228 e. The van der Waals surface area contributed by atoms with Crippen LogP contribution in [0.1, 0.15) is 26.6 Å². The average Bonchev–Trinajstić information content (AvgIpc) is 3.05. The Morgan fingerprint density at radius 1 is 1.33 bits per heavy atom. The third-order valence-corrected chi connectivity index (χ3v) is 4.43. The van der Waals surface area contributed by atoms with Gasteiger partial charge in [-0.05, 0) is 12.1 Å². The Labute approximate surface area is 141 Å². The largest absolute Gasteiger partial charge is 0.365 e. The average molecular weight is 333 g/mol. The molecule has 3 rings (SSSR count). The first-order chi connectivity index (χ1) is 11.3. The number of aryl methyl sites for hydroxylation is 1. The molecule has 24 heavy (non-hydrogen) atoms. The van der Waals surface area contributed by atoms with Crippen LogP contribution < -0.4 is 0 Å². The predicted molar refractivity (Wildman–Crippen MR) is 90.2 cm³/mol. The standard InChI is InChI=1S/C18H24FN3O2/c1-18(2,3)17(23)22-9-12(19)15(10-22)24-11-16-20-13-7-5-6-8-14(13)21(16)4/h5-8,12,15H,9-11H2,1-4H3. The summed E-state index contributed by atoms with van der Waals surface area (Å²) in [6.45, 7) is 6.15. The number of benzene rings is 1. The number of rotatable bonds is 3. The summed E-state index contributed by atoms with van der Waals surface area (Å²) in [6.07, 6.45) is -1.76. The van der Waals surface area contributed by atoms with Gasteiger partial charge in [-0.25, -0.2) is 9.37 Å². The SMILES string of the molecule is Cn1c(COC2CN(C(=O)C(C)(C)C)CC2F)nc2ccccc21. The molecular formula is C18H24FN3O2. The number of hydrogen-bond acceptors (Lipinski definition) is 3. The van der Waals surface area contributed by atoms with Crippen molar-refractivity contribution < 1.29 is 13.9 Å². The highest BCUT2D eigenvalue weighted by atomic mass is 19.1. The van der Waals surface area contributed by atoms with Gasteiger partial charge in [0.05, 0.1) is 17.6 Å². The van der Waals surface area contributed by atoms with E-state index in [9.17, 15) is 9.18 Å². The van der Waals surface area contributed by atoms with Crippen molar-refractivity contribution in [1.29, 1.82) is 0 Å². The van der Waals surface area contributed by atoms with Gasteiger partial charge in [0.2, 0.25) is 5.91 Å². The minimum atomic E-state index is -1.16. The first-order valence-corrected chi connectivity index (χ1v) is 8.23. The van der Waals surface area contributed by atoms with Crippen LogP contribution in [-0.2, 0) is 23.2 Å². The molecule has 1 amide bonds. The molecule has 1 aliphatic heterocycles. The van der Waals surface area contributed by atoms with E-state index in [0.29, 0.717) is 6.54 Å². The molecule has 0 bridgehead atoms. The molecule has 5 nitrogen and oxygen atoms in total. The molecule has 6 heteroatoms. The van der Waals surface area contributed by atoms with Gasteiger partial charge in [-0.2, -0.15) is 0 Å². The molecule has 1 saturated heterocycles. The maximum atomic E-state index is 14.2. The molecule has 2 aromatic rings. The van der Waals surface area contributed by atoms with Crippen molar-refractivity contribution >= 4 is 16.9 Å². The number of likely N-dealkylation sites (tertiary alicyclic amines) is 1. The number of para-hydroxylation sites is 2. The van der Waals surface area contributed by atoms with Crippen LogP contribution in [0.2, 0.25) is 0 Å². The van der Waals surface area contributed by atoms with Crippen molar-refractivity contribution in [3.05, 3.63) is 30.1 Å². The summed E-state index contributed by atoms with van der Waals surface area (Å²) in [5, 5.41) is 0. The molecule has 130 valence electrons. The molecule has 2 heterocycles. The van der Waals surface area contributed by atoms with Crippen molar-refractivity contribution in [2.24, 2.45) is 12.5 Å². The van der Waals surface area contributed by atoms with Gasteiger partial charge in [0.1, 0.15) is 24.7 Å². The Morgan fingerprint density at radius 2 is 2.04 bits per heavy atom. The Hall–Kier alpha value is -1.95. The fourth-order valence-corrected chi connectivity index (χ4v) is 3.04. The molecule has 0 aliphatic carbocycles. The molecule has 1 fully saturated rings.